The van der Waals surface area contributed by atoms with Gasteiger partial charge in [0.05, 0.1) is 6.42 Å². The zero-order valence-electron chi connectivity index (χ0n) is 10.7. The minimum Gasteiger partial charge on any atom is -0.306 e. The highest BCUT2D eigenvalue weighted by molar-refractivity contribution is 7.89. The number of aromatic nitrogens is 2. The van der Waals surface area contributed by atoms with E-state index in [9.17, 15) is 21.6 Å². The number of imidazole rings is 1. The van der Waals surface area contributed by atoms with Crippen molar-refractivity contribution in [2.24, 2.45) is 5.84 Å². The number of nitrogens with two attached hydrogens (primary N) is 1. The van der Waals surface area contributed by atoms with Crippen LogP contribution in [0.4, 0.5) is 19.0 Å². The Labute approximate surface area is 122 Å². The molecule has 21 heavy (non-hydrogen) atoms. The molecule has 0 aromatic carbocycles. The van der Waals surface area contributed by atoms with Crippen LogP contribution in [0.3, 0.4) is 0 Å². The molecule has 0 saturated heterocycles. The number of anilines is 1. The Hall–Kier alpha value is -1.37. The third-order valence-corrected chi connectivity index (χ3v) is 4.87. The predicted molar refractivity (Wildman–Crippen MR) is 71.3 cm³/mol. The number of alkyl halides is 3. The Morgan fingerprint density at radius 3 is 2.76 bits per heavy atom. The Balaban J connectivity index is 2.35. The molecule has 1 atom stereocenters. The smallest absolute Gasteiger partial charge is 0.306 e. The van der Waals surface area contributed by atoms with Crippen molar-refractivity contribution in [3.05, 3.63) is 11.6 Å². The van der Waals surface area contributed by atoms with Crippen LogP contribution in [0.25, 0.3) is 4.96 Å². The highest BCUT2D eigenvalue weighted by Crippen LogP contribution is 2.26. The number of nitrogens with zero attached hydrogens (tertiary/aromatic N) is 2. The minimum absolute atomic E-state index is 0.131. The Morgan fingerprint density at radius 1 is 1.52 bits per heavy atom. The number of rotatable bonds is 5. The third-order valence-electron chi connectivity index (χ3n) is 2.50. The molecule has 0 saturated carbocycles. The second-order valence-corrected chi connectivity index (χ2v) is 6.81. The van der Waals surface area contributed by atoms with Crippen molar-refractivity contribution in [3.8, 4) is 0 Å². The van der Waals surface area contributed by atoms with Crippen molar-refractivity contribution in [3.63, 3.8) is 0 Å². The number of nitrogen functional groups attached to an aromatic ring is 1. The van der Waals surface area contributed by atoms with E-state index < -0.39 is 28.7 Å². The van der Waals surface area contributed by atoms with Crippen molar-refractivity contribution in [1.29, 1.82) is 0 Å². The normalized spacial score (nSPS) is 14.5. The second kappa shape index (κ2) is 5.44. The summed E-state index contributed by atoms with van der Waals surface area (Å²) in [6, 6.07) is -1.31. The highest BCUT2D eigenvalue weighted by atomic mass is 32.2. The lowest BCUT2D eigenvalue weighted by molar-refractivity contribution is -0.137. The van der Waals surface area contributed by atoms with Crippen LogP contribution in [0.1, 0.15) is 13.3 Å². The summed E-state index contributed by atoms with van der Waals surface area (Å²) < 4.78 is 64.6. The lowest BCUT2D eigenvalue weighted by Crippen LogP contribution is -2.36. The molecule has 0 bridgehead atoms. The molecule has 2 aromatic rings. The van der Waals surface area contributed by atoms with Gasteiger partial charge < -0.3 is 5.43 Å². The van der Waals surface area contributed by atoms with Gasteiger partial charge >= 0.3 is 6.18 Å². The molecular weight excluding hydrogens is 331 g/mol. The monoisotopic (exact) mass is 343 g/mol. The zero-order valence-corrected chi connectivity index (χ0v) is 12.3. The first-order chi connectivity index (χ1) is 9.64. The van der Waals surface area contributed by atoms with Crippen molar-refractivity contribution >= 4 is 32.1 Å². The zero-order chi connectivity index (χ0) is 15.8. The van der Waals surface area contributed by atoms with Crippen LogP contribution in [0, 0.1) is 0 Å². The number of thiazole rings is 1. The maximum Gasteiger partial charge on any atom is 0.390 e. The highest BCUT2D eigenvalue weighted by Gasteiger charge is 2.34. The summed E-state index contributed by atoms with van der Waals surface area (Å²) in [6.45, 7) is 1.13. The predicted octanol–water partition coefficient (Wildman–Crippen LogP) is 1.30. The molecule has 2 heterocycles. The molecule has 12 heteroatoms. The fourth-order valence-electron chi connectivity index (χ4n) is 1.83. The Kier molecular flexibility index (Phi) is 4.15. The van der Waals surface area contributed by atoms with Gasteiger partial charge in [0.2, 0.25) is 5.03 Å². The minimum atomic E-state index is -4.47. The van der Waals surface area contributed by atoms with E-state index >= 15 is 0 Å². The second-order valence-electron chi connectivity index (χ2n) is 4.31. The Morgan fingerprint density at radius 2 is 2.19 bits per heavy atom. The summed E-state index contributed by atoms with van der Waals surface area (Å²) in [4.78, 5) is 4.30. The maximum absolute atomic E-state index is 12.3. The molecule has 4 N–H and O–H groups in total. The Bertz CT molecular complexity index is 736. The van der Waals surface area contributed by atoms with E-state index in [1.807, 2.05) is 4.72 Å². The van der Waals surface area contributed by atoms with E-state index in [0.717, 1.165) is 6.92 Å². The topological polar surface area (TPSA) is 102 Å². The number of nitrogens with one attached hydrogen (secondary N) is 2. The molecule has 2 aromatic heterocycles. The number of hydrogen-bond acceptors (Lipinski definition) is 6. The van der Waals surface area contributed by atoms with E-state index in [1.54, 1.807) is 5.38 Å². The van der Waals surface area contributed by atoms with Crippen LogP contribution in [0.2, 0.25) is 0 Å². The van der Waals surface area contributed by atoms with E-state index in [-0.39, 0.29) is 10.8 Å². The molecule has 0 fully saturated rings. The summed E-state index contributed by atoms with van der Waals surface area (Å²) >= 11 is 1.17. The van der Waals surface area contributed by atoms with Gasteiger partial charge in [-0.2, -0.15) is 18.2 Å². The maximum atomic E-state index is 12.3. The molecule has 0 radical (unpaired) electrons. The lowest BCUT2D eigenvalue weighted by Gasteiger charge is -2.16. The summed E-state index contributed by atoms with van der Waals surface area (Å²) in [5.74, 6) is 5.08. The van der Waals surface area contributed by atoms with Gasteiger partial charge in [0.15, 0.2) is 10.8 Å². The van der Waals surface area contributed by atoms with Crippen molar-refractivity contribution in [2.45, 2.75) is 30.6 Å². The standard InChI is InChI=1S/C9H12F3N5O2S2/c1-5(4-9(10,11)12)16-21(18,19)7-6(15-13)14-8-17(7)2-3-20-8/h2-3,5,15-16H,4,13H2,1H3. The van der Waals surface area contributed by atoms with E-state index in [4.69, 9.17) is 5.84 Å². The van der Waals surface area contributed by atoms with Crippen molar-refractivity contribution in [2.75, 3.05) is 5.43 Å². The lowest BCUT2D eigenvalue weighted by atomic mass is 10.2. The molecule has 118 valence electrons. The van der Waals surface area contributed by atoms with Gasteiger partial charge in [0.25, 0.3) is 10.0 Å². The third kappa shape index (κ3) is 3.45. The molecule has 7 nitrogen and oxygen atoms in total. The van der Waals surface area contributed by atoms with Crippen LogP contribution in [0.15, 0.2) is 16.6 Å². The summed E-state index contributed by atoms with van der Waals surface area (Å²) in [5.41, 5.74) is 2.13. The van der Waals surface area contributed by atoms with Gasteiger partial charge in [-0.15, -0.1) is 11.3 Å². The van der Waals surface area contributed by atoms with Crippen molar-refractivity contribution < 1.29 is 21.6 Å². The molecule has 0 aliphatic rings. The fourth-order valence-corrected chi connectivity index (χ4v) is 4.09. The number of sulfonamides is 1. The van der Waals surface area contributed by atoms with Crippen LogP contribution < -0.4 is 16.0 Å². The summed E-state index contributed by atoms with van der Waals surface area (Å²) in [6.07, 6.45) is -4.30. The molecular formula is C9H12F3N5O2S2. The summed E-state index contributed by atoms with van der Waals surface area (Å²) in [7, 11) is -4.21. The van der Waals surface area contributed by atoms with Gasteiger partial charge in [-0.3, -0.25) is 4.40 Å². The van der Waals surface area contributed by atoms with Crippen LogP contribution in [-0.2, 0) is 10.0 Å². The average molecular weight is 343 g/mol. The number of hydrogen-bond donors (Lipinski definition) is 3. The van der Waals surface area contributed by atoms with Gasteiger partial charge in [-0.05, 0) is 6.92 Å². The van der Waals surface area contributed by atoms with Gasteiger partial charge in [0, 0.05) is 17.6 Å². The SMILES string of the molecule is CC(CC(F)(F)F)NS(=O)(=O)c1c(NN)nc2sccn12. The van der Waals surface area contributed by atoms with Gasteiger partial charge in [-0.1, -0.05) is 0 Å². The number of hydrazine groups is 1. The van der Waals surface area contributed by atoms with E-state index in [1.165, 1.54) is 21.9 Å². The van der Waals surface area contributed by atoms with Gasteiger partial charge in [-0.25, -0.2) is 19.0 Å². The summed E-state index contributed by atoms with van der Waals surface area (Å²) in [5, 5.41) is 1.27. The number of fused-ring (bicyclic) bond motifs is 1. The first kappa shape index (κ1) is 16.0. The van der Waals surface area contributed by atoms with Crippen LogP contribution in [0.5, 0.6) is 0 Å². The van der Waals surface area contributed by atoms with Gasteiger partial charge in [0.1, 0.15) is 0 Å². The molecule has 2 rings (SSSR count). The molecule has 0 amide bonds. The fraction of sp³-hybridized carbons (Fsp3) is 0.444. The molecule has 1 unspecified atom stereocenters. The first-order valence-corrected chi connectivity index (χ1v) is 8.01. The van der Waals surface area contributed by atoms with E-state index in [2.05, 4.69) is 10.4 Å². The molecule has 0 spiro atoms. The van der Waals surface area contributed by atoms with E-state index in [0.29, 0.717) is 4.96 Å². The van der Waals surface area contributed by atoms with Crippen molar-refractivity contribution in [1.82, 2.24) is 14.1 Å². The first-order valence-electron chi connectivity index (χ1n) is 5.65. The molecule has 0 aliphatic heterocycles. The number of halogens is 3. The largest absolute Gasteiger partial charge is 0.390 e. The quantitative estimate of drug-likeness (QED) is 0.561. The average Bonchev–Trinajstić information content (AvgIpc) is 2.82. The van der Waals surface area contributed by atoms with Crippen LogP contribution in [-0.4, -0.2) is 30.0 Å². The molecule has 0 aliphatic carbocycles. The van der Waals surface area contributed by atoms with Crippen LogP contribution >= 0.6 is 11.3 Å².